The molecule has 3 heteroatoms. The fourth-order valence-electron chi connectivity index (χ4n) is 5.76. The minimum atomic E-state index is 0.742. The molecule has 2 aromatic heterocycles. The van der Waals surface area contributed by atoms with Gasteiger partial charge >= 0.3 is 0 Å². The van der Waals surface area contributed by atoms with Crippen LogP contribution in [0.3, 0.4) is 0 Å². The number of benzene rings is 6. The lowest BCUT2D eigenvalue weighted by Gasteiger charge is -2.11. The highest BCUT2D eigenvalue weighted by Crippen LogP contribution is 2.39. The predicted molar refractivity (Wildman–Crippen MR) is 162 cm³/mol. The summed E-state index contributed by atoms with van der Waals surface area (Å²) in [6, 6.07) is 47.1. The van der Waals surface area contributed by atoms with Gasteiger partial charge < -0.3 is 4.57 Å². The van der Waals surface area contributed by atoms with Gasteiger partial charge in [0.1, 0.15) is 0 Å². The molecule has 0 saturated heterocycles. The van der Waals surface area contributed by atoms with E-state index in [4.69, 9.17) is 9.97 Å². The number of aromatic nitrogens is 3. The van der Waals surface area contributed by atoms with Crippen molar-refractivity contribution in [3.8, 4) is 28.2 Å². The molecule has 0 aliphatic rings. The zero-order valence-electron chi connectivity index (χ0n) is 21.1. The Bertz CT molecular complexity index is 2160. The molecule has 8 rings (SSSR count). The van der Waals surface area contributed by atoms with Crippen LogP contribution < -0.4 is 0 Å². The zero-order chi connectivity index (χ0) is 25.8. The molecular weight excluding hydrogens is 474 g/mol. The van der Waals surface area contributed by atoms with E-state index in [1.807, 2.05) is 36.5 Å². The largest absolute Gasteiger partial charge is 0.309 e. The molecule has 0 amide bonds. The summed E-state index contributed by atoms with van der Waals surface area (Å²) < 4.78 is 2.38. The smallest absolute Gasteiger partial charge is 0.159 e. The molecule has 3 nitrogen and oxygen atoms in total. The van der Waals surface area contributed by atoms with Crippen LogP contribution in [0.2, 0.25) is 0 Å². The highest BCUT2D eigenvalue weighted by Gasteiger charge is 2.16. The van der Waals surface area contributed by atoms with E-state index in [1.54, 1.807) is 0 Å². The molecule has 0 aliphatic heterocycles. The highest BCUT2D eigenvalue weighted by atomic mass is 15.0. The summed E-state index contributed by atoms with van der Waals surface area (Å²) in [7, 11) is 0. The van der Waals surface area contributed by atoms with Gasteiger partial charge in [-0.15, -0.1) is 0 Å². The first-order valence-electron chi connectivity index (χ1n) is 13.2. The van der Waals surface area contributed by atoms with Crippen molar-refractivity contribution in [1.29, 1.82) is 0 Å². The molecule has 0 N–H and O–H groups in total. The number of fused-ring (bicyclic) bond motifs is 6. The summed E-state index contributed by atoms with van der Waals surface area (Å²) in [5.74, 6) is 0.742. The van der Waals surface area contributed by atoms with Gasteiger partial charge in [0.25, 0.3) is 0 Å². The van der Waals surface area contributed by atoms with Crippen molar-refractivity contribution in [2.45, 2.75) is 0 Å². The maximum absolute atomic E-state index is 4.87. The van der Waals surface area contributed by atoms with Crippen LogP contribution in [0.15, 0.2) is 140 Å². The van der Waals surface area contributed by atoms with E-state index < -0.39 is 0 Å². The van der Waals surface area contributed by atoms with Crippen molar-refractivity contribution in [3.63, 3.8) is 0 Å². The molecule has 39 heavy (non-hydrogen) atoms. The zero-order valence-corrected chi connectivity index (χ0v) is 21.1. The van der Waals surface area contributed by atoms with Crippen LogP contribution >= 0.6 is 0 Å². The summed E-state index contributed by atoms with van der Waals surface area (Å²) in [6.45, 7) is 0. The van der Waals surface area contributed by atoms with Crippen LogP contribution in [-0.2, 0) is 0 Å². The molecular formula is C36H23N3. The Morgan fingerprint density at radius 2 is 1.26 bits per heavy atom. The first-order chi connectivity index (χ1) is 19.3. The molecule has 8 aromatic rings. The maximum Gasteiger partial charge on any atom is 0.159 e. The molecule has 0 unspecified atom stereocenters. The van der Waals surface area contributed by atoms with Crippen LogP contribution in [0.5, 0.6) is 0 Å². The second-order valence-electron chi connectivity index (χ2n) is 9.92. The molecule has 0 radical (unpaired) electrons. The second kappa shape index (κ2) is 8.64. The molecule has 182 valence electrons. The van der Waals surface area contributed by atoms with Crippen molar-refractivity contribution in [2.75, 3.05) is 0 Å². The van der Waals surface area contributed by atoms with E-state index >= 15 is 0 Å². The maximum atomic E-state index is 4.87. The van der Waals surface area contributed by atoms with Crippen molar-refractivity contribution < 1.29 is 0 Å². The van der Waals surface area contributed by atoms with Crippen LogP contribution in [0, 0.1) is 0 Å². The molecule has 6 aromatic carbocycles. The molecule has 2 heterocycles. The first kappa shape index (κ1) is 21.8. The number of nitrogens with zero attached hydrogens (tertiary/aromatic N) is 3. The van der Waals surface area contributed by atoms with E-state index in [0.717, 1.165) is 28.0 Å². The molecule has 0 aliphatic carbocycles. The lowest BCUT2D eigenvalue weighted by molar-refractivity contribution is 1.18. The third-order valence-corrected chi connectivity index (χ3v) is 7.62. The topological polar surface area (TPSA) is 30.7 Å². The van der Waals surface area contributed by atoms with E-state index in [9.17, 15) is 0 Å². The number of rotatable bonds is 3. The summed E-state index contributed by atoms with van der Waals surface area (Å²) in [5, 5.41) is 6.05. The van der Waals surface area contributed by atoms with E-state index in [2.05, 4.69) is 108 Å². The Morgan fingerprint density at radius 3 is 2.10 bits per heavy atom. The van der Waals surface area contributed by atoms with Gasteiger partial charge in [0.2, 0.25) is 0 Å². The summed E-state index contributed by atoms with van der Waals surface area (Å²) >= 11 is 0. The molecule has 0 saturated carbocycles. The van der Waals surface area contributed by atoms with E-state index in [0.29, 0.717) is 0 Å². The van der Waals surface area contributed by atoms with Crippen LogP contribution in [-0.4, -0.2) is 14.5 Å². The lowest BCUT2D eigenvalue weighted by atomic mass is 10.0. The average Bonchev–Trinajstić information content (AvgIpc) is 3.35. The third-order valence-electron chi connectivity index (χ3n) is 7.62. The second-order valence-corrected chi connectivity index (χ2v) is 9.92. The number of hydrogen-bond donors (Lipinski definition) is 0. The van der Waals surface area contributed by atoms with Gasteiger partial charge in [-0.25, -0.2) is 9.97 Å². The quantitative estimate of drug-likeness (QED) is 0.244. The van der Waals surface area contributed by atoms with Crippen molar-refractivity contribution in [2.24, 2.45) is 0 Å². The summed E-state index contributed by atoms with van der Waals surface area (Å²) in [6.07, 6.45) is 1.94. The van der Waals surface area contributed by atoms with Crippen molar-refractivity contribution >= 4 is 43.5 Å². The Kier molecular flexibility index (Phi) is 4.82. The normalized spacial score (nSPS) is 11.6. The Balaban J connectivity index is 1.40. The third kappa shape index (κ3) is 3.52. The van der Waals surface area contributed by atoms with E-state index in [-0.39, 0.29) is 0 Å². The van der Waals surface area contributed by atoms with Crippen LogP contribution in [0.1, 0.15) is 0 Å². The first-order valence-corrected chi connectivity index (χ1v) is 13.2. The van der Waals surface area contributed by atoms with Crippen molar-refractivity contribution in [3.05, 3.63) is 140 Å². The lowest BCUT2D eigenvalue weighted by Crippen LogP contribution is -1.96. The minimum Gasteiger partial charge on any atom is -0.309 e. The Morgan fingerprint density at radius 1 is 0.487 bits per heavy atom. The van der Waals surface area contributed by atoms with Gasteiger partial charge in [-0.2, -0.15) is 0 Å². The van der Waals surface area contributed by atoms with Gasteiger partial charge in [-0.3, -0.25) is 0 Å². The van der Waals surface area contributed by atoms with Crippen LogP contribution in [0.25, 0.3) is 71.7 Å². The average molecular weight is 498 g/mol. The molecule has 0 bridgehead atoms. The summed E-state index contributed by atoms with van der Waals surface area (Å²) in [5.41, 5.74) is 7.84. The van der Waals surface area contributed by atoms with Gasteiger partial charge in [-0.1, -0.05) is 103 Å². The molecule has 0 atom stereocenters. The molecule has 0 spiro atoms. The van der Waals surface area contributed by atoms with E-state index in [1.165, 1.54) is 43.7 Å². The molecule has 0 fully saturated rings. The van der Waals surface area contributed by atoms with Gasteiger partial charge in [0.15, 0.2) is 5.82 Å². The summed E-state index contributed by atoms with van der Waals surface area (Å²) in [4.78, 5) is 9.57. The Hall–Kier alpha value is -5.28. The highest BCUT2D eigenvalue weighted by molar-refractivity contribution is 6.21. The standard InChI is InChI=1S/C36H23N3/c1-3-9-24(10-4-1)27-15-18-31-34(22-27)39(33-20-16-25-11-7-8-14-30(25)35(31)33)29-17-19-32-28(21-29)23-37-36(38-32)26-12-5-2-6-13-26/h1-23H. The minimum absolute atomic E-state index is 0.742. The monoisotopic (exact) mass is 497 g/mol. The van der Waals surface area contributed by atoms with Crippen molar-refractivity contribution in [1.82, 2.24) is 14.5 Å². The van der Waals surface area contributed by atoms with Crippen LogP contribution in [0.4, 0.5) is 0 Å². The van der Waals surface area contributed by atoms with Gasteiger partial charge in [0, 0.05) is 33.6 Å². The SMILES string of the molecule is c1ccc(-c2ccc3c4c5ccccc5ccc4n(-c4ccc5nc(-c6ccccc6)ncc5c4)c3c2)cc1. The number of hydrogen-bond acceptors (Lipinski definition) is 2. The van der Waals surface area contributed by atoms with Gasteiger partial charge in [-0.05, 0) is 52.2 Å². The fraction of sp³-hybridized carbons (Fsp3) is 0. The van der Waals surface area contributed by atoms with Gasteiger partial charge in [0.05, 0.1) is 16.6 Å². The fourth-order valence-corrected chi connectivity index (χ4v) is 5.76. The Labute approximate surface area is 225 Å². The predicted octanol–water partition coefficient (Wildman–Crippen LogP) is 9.21.